The number of aryl methyl sites for hydroxylation is 1. The topological polar surface area (TPSA) is 37.4 Å². The van der Waals surface area contributed by atoms with Crippen LogP contribution in [0.3, 0.4) is 0 Å². The van der Waals surface area contributed by atoms with Crippen LogP contribution in [0, 0.1) is 6.92 Å². The van der Waals surface area contributed by atoms with Crippen LogP contribution in [0.5, 0.6) is 0 Å². The van der Waals surface area contributed by atoms with Gasteiger partial charge in [0.1, 0.15) is 0 Å². The van der Waals surface area contributed by atoms with Crippen LogP contribution in [0.2, 0.25) is 0 Å². The van der Waals surface area contributed by atoms with Crippen molar-refractivity contribution in [3.63, 3.8) is 0 Å². The Morgan fingerprint density at radius 1 is 1.33 bits per heavy atom. The summed E-state index contributed by atoms with van der Waals surface area (Å²) in [5.74, 6) is 0. The lowest BCUT2D eigenvalue weighted by Gasteiger charge is -2.32. The number of hydrogen-bond donors (Lipinski definition) is 1. The molecular formula is C17H31N3O. The van der Waals surface area contributed by atoms with Gasteiger partial charge in [-0.2, -0.15) is 0 Å². The minimum absolute atomic E-state index is 0.468. The second-order valence-corrected chi connectivity index (χ2v) is 5.93. The zero-order valence-corrected chi connectivity index (χ0v) is 14.4. The highest BCUT2D eigenvalue weighted by atomic mass is 16.5. The summed E-state index contributed by atoms with van der Waals surface area (Å²) < 4.78 is 5.28. The van der Waals surface area contributed by atoms with E-state index in [0.29, 0.717) is 12.1 Å². The molecule has 1 aromatic rings. The molecule has 0 saturated carbocycles. The minimum atomic E-state index is 0.468. The molecule has 0 aliphatic rings. The Hall–Kier alpha value is -1.13. The highest BCUT2D eigenvalue weighted by Crippen LogP contribution is 2.24. The lowest BCUT2D eigenvalue weighted by Crippen LogP contribution is -2.37. The lowest BCUT2D eigenvalue weighted by atomic mass is 10.1. The summed E-state index contributed by atoms with van der Waals surface area (Å²) in [6.07, 6.45) is 3.12. The second-order valence-electron chi connectivity index (χ2n) is 5.93. The van der Waals surface area contributed by atoms with Gasteiger partial charge in [0, 0.05) is 55.4 Å². The minimum Gasteiger partial charge on any atom is -0.383 e. The Morgan fingerprint density at radius 2 is 2.05 bits per heavy atom. The van der Waals surface area contributed by atoms with E-state index in [0.717, 1.165) is 31.8 Å². The van der Waals surface area contributed by atoms with Crippen molar-refractivity contribution in [2.75, 3.05) is 25.2 Å². The summed E-state index contributed by atoms with van der Waals surface area (Å²) in [5, 5.41) is 3.49. The maximum absolute atomic E-state index is 5.28. The molecule has 0 aliphatic heterocycles. The monoisotopic (exact) mass is 293 g/mol. The van der Waals surface area contributed by atoms with E-state index < -0.39 is 0 Å². The van der Waals surface area contributed by atoms with Crippen LogP contribution in [0.1, 0.15) is 45.4 Å². The number of hydrogen-bond acceptors (Lipinski definition) is 4. The molecule has 0 radical (unpaired) electrons. The SMILES string of the molecule is CCC(C)N(CCOC)c1cc(C)ncc1CNC(C)C. The first-order chi connectivity index (χ1) is 9.99. The number of nitrogens with one attached hydrogen (secondary N) is 1. The van der Waals surface area contributed by atoms with Crippen molar-refractivity contribution in [3.05, 3.63) is 23.5 Å². The molecule has 1 atom stereocenters. The molecule has 0 bridgehead atoms. The fourth-order valence-corrected chi connectivity index (χ4v) is 2.28. The van der Waals surface area contributed by atoms with E-state index >= 15 is 0 Å². The Kier molecular flexibility index (Phi) is 7.68. The number of methoxy groups -OCH3 is 1. The van der Waals surface area contributed by atoms with Gasteiger partial charge in [-0.25, -0.2) is 0 Å². The summed E-state index contributed by atoms with van der Waals surface area (Å²) >= 11 is 0. The Morgan fingerprint density at radius 3 is 2.62 bits per heavy atom. The number of anilines is 1. The molecule has 0 aliphatic carbocycles. The van der Waals surface area contributed by atoms with E-state index in [1.807, 2.05) is 13.1 Å². The summed E-state index contributed by atoms with van der Waals surface area (Å²) in [7, 11) is 1.76. The Labute approximate surface area is 129 Å². The first-order valence-corrected chi connectivity index (χ1v) is 7.94. The van der Waals surface area contributed by atoms with Gasteiger partial charge < -0.3 is 15.0 Å². The molecule has 4 heteroatoms. The molecule has 0 aromatic carbocycles. The highest BCUT2D eigenvalue weighted by molar-refractivity contribution is 5.54. The molecule has 1 N–H and O–H groups in total. The quantitative estimate of drug-likeness (QED) is 0.759. The zero-order valence-electron chi connectivity index (χ0n) is 14.4. The fraction of sp³-hybridized carbons (Fsp3) is 0.706. The third-order valence-corrected chi connectivity index (χ3v) is 3.77. The molecule has 1 unspecified atom stereocenters. The summed E-state index contributed by atoms with van der Waals surface area (Å²) in [5.41, 5.74) is 3.59. The summed E-state index contributed by atoms with van der Waals surface area (Å²) in [6.45, 7) is 13.4. The van der Waals surface area contributed by atoms with E-state index in [9.17, 15) is 0 Å². The van der Waals surface area contributed by atoms with E-state index in [1.54, 1.807) is 7.11 Å². The molecule has 0 amide bonds. The second kappa shape index (κ2) is 9.00. The van der Waals surface area contributed by atoms with Gasteiger partial charge in [-0.05, 0) is 26.3 Å². The average Bonchev–Trinajstić information content (AvgIpc) is 2.46. The average molecular weight is 293 g/mol. The normalized spacial score (nSPS) is 12.7. The zero-order chi connectivity index (χ0) is 15.8. The Bertz CT molecular complexity index is 420. The maximum atomic E-state index is 5.28. The largest absolute Gasteiger partial charge is 0.383 e. The first-order valence-electron chi connectivity index (χ1n) is 7.94. The Balaban J connectivity index is 3.05. The van der Waals surface area contributed by atoms with Crippen LogP contribution in [0.4, 0.5) is 5.69 Å². The molecule has 1 rings (SSSR count). The third kappa shape index (κ3) is 5.64. The van der Waals surface area contributed by atoms with Crippen molar-refractivity contribution in [3.8, 4) is 0 Å². The number of ether oxygens (including phenoxy) is 1. The van der Waals surface area contributed by atoms with E-state index in [4.69, 9.17) is 4.74 Å². The lowest BCUT2D eigenvalue weighted by molar-refractivity contribution is 0.203. The van der Waals surface area contributed by atoms with E-state index in [1.165, 1.54) is 11.3 Å². The number of nitrogens with zero attached hydrogens (tertiary/aromatic N) is 2. The molecular weight excluding hydrogens is 262 g/mol. The van der Waals surface area contributed by atoms with Crippen LogP contribution in [-0.2, 0) is 11.3 Å². The smallest absolute Gasteiger partial charge is 0.0637 e. The van der Waals surface area contributed by atoms with Gasteiger partial charge in [0.05, 0.1) is 6.61 Å². The number of pyridine rings is 1. The van der Waals surface area contributed by atoms with E-state index in [-0.39, 0.29) is 0 Å². The van der Waals surface area contributed by atoms with Crippen LogP contribution in [0.25, 0.3) is 0 Å². The van der Waals surface area contributed by atoms with Crippen molar-refractivity contribution in [1.82, 2.24) is 10.3 Å². The van der Waals surface area contributed by atoms with Crippen LogP contribution in [0.15, 0.2) is 12.3 Å². The number of aromatic nitrogens is 1. The first kappa shape index (κ1) is 17.9. The van der Waals surface area contributed by atoms with Gasteiger partial charge in [0.25, 0.3) is 0 Å². The van der Waals surface area contributed by atoms with Crippen LogP contribution in [-0.4, -0.2) is 37.3 Å². The molecule has 1 heterocycles. The maximum Gasteiger partial charge on any atom is 0.0637 e. The van der Waals surface area contributed by atoms with E-state index in [2.05, 4.69) is 49.0 Å². The summed E-state index contributed by atoms with van der Waals surface area (Å²) in [6, 6.07) is 3.15. The van der Waals surface area contributed by atoms with Gasteiger partial charge >= 0.3 is 0 Å². The number of rotatable bonds is 9. The van der Waals surface area contributed by atoms with Crippen molar-refractivity contribution in [2.24, 2.45) is 0 Å². The van der Waals surface area contributed by atoms with Crippen molar-refractivity contribution in [2.45, 2.75) is 59.7 Å². The fourth-order valence-electron chi connectivity index (χ4n) is 2.28. The highest BCUT2D eigenvalue weighted by Gasteiger charge is 2.17. The van der Waals surface area contributed by atoms with Crippen molar-refractivity contribution in [1.29, 1.82) is 0 Å². The molecule has 120 valence electrons. The summed E-state index contributed by atoms with van der Waals surface area (Å²) in [4.78, 5) is 6.91. The van der Waals surface area contributed by atoms with Crippen molar-refractivity contribution >= 4 is 5.69 Å². The molecule has 4 nitrogen and oxygen atoms in total. The molecule has 0 fully saturated rings. The predicted molar refractivity (Wildman–Crippen MR) is 89.9 cm³/mol. The van der Waals surface area contributed by atoms with Crippen molar-refractivity contribution < 1.29 is 4.74 Å². The van der Waals surface area contributed by atoms with Gasteiger partial charge in [-0.3, -0.25) is 4.98 Å². The van der Waals surface area contributed by atoms with Crippen LogP contribution < -0.4 is 10.2 Å². The van der Waals surface area contributed by atoms with Gasteiger partial charge in [-0.15, -0.1) is 0 Å². The predicted octanol–water partition coefficient (Wildman–Crippen LogP) is 3.14. The standard InChI is InChI=1S/C17H31N3O/c1-7-15(5)20(8-9-21-6)17-10-14(4)19-12-16(17)11-18-13(2)3/h10,12-13,15,18H,7-9,11H2,1-6H3. The molecule has 0 spiro atoms. The molecule has 21 heavy (non-hydrogen) atoms. The van der Waals surface area contributed by atoms with Gasteiger partial charge in [0.2, 0.25) is 0 Å². The van der Waals surface area contributed by atoms with Crippen LogP contribution >= 0.6 is 0 Å². The van der Waals surface area contributed by atoms with Gasteiger partial charge in [0.15, 0.2) is 0 Å². The molecule has 1 aromatic heterocycles. The molecule has 0 saturated heterocycles. The van der Waals surface area contributed by atoms with Gasteiger partial charge in [-0.1, -0.05) is 20.8 Å². The third-order valence-electron chi connectivity index (χ3n) is 3.77.